The van der Waals surface area contributed by atoms with Crippen LogP contribution in [-0.2, 0) is 6.54 Å². The predicted octanol–water partition coefficient (Wildman–Crippen LogP) is 4.35. The van der Waals surface area contributed by atoms with Gasteiger partial charge >= 0.3 is 0 Å². The largest absolute Gasteiger partial charge is 0.457 e. The Bertz CT molecular complexity index is 602. The van der Waals surface area contributed by atoms with Gasteiger partial charge < -0.3 is 10.1 Å². The number of para-hydroxylation sites is 1. The van der Waals surface area contributed by atoms with Gasteiger partial charge in [0.2, 0.25) is 0 Å². The maximum absolute atomic E-state index is 6.13. The van der Waals surface area contributed by atoms with E-state index in [9.17, 15) is 0 Å². The molecule has 20 heavy (non-hydrogen) atoms. The van der Waals surface area contributed by atoms with Crippen molar-refractivity contribution in [2.45, 2.75) is 39.3 Å². The first kappa shape index (κ1) is 13.2. The minimum absolute atomic E-state index is 0.712. The number of aryl methyl sites for hydroxylation is 2. The molecule has 2 heteroatoms. The molecule has 1 aliphatic carbocycles. The molecule has 0 heterocycles. The molecular weight excluding hydrogens is 246 g/mol. The van der Waals surface area contributed by atoms with E-state index in [1.54, 1.807) is 0 Å². The lowest BCUT2D eigenvalue weighted by atomic mass is 10.1. The molecule has 0 bridgehead atoms. The van der Waals surface area contributed by atoms with Crippen molar-refractivity contribution in [2.75, 3.05) is 0 Å². The second-order valence-corrected chi connectivity index (χ2v) is 5.63. The van der Waals surface area contributed by atoms with Gasteiger partial charge in [0.1, 0.15) is 11.5 Å². The number of hydrogen-bond acceptors (Lipinski definition) is 2. The average Bonchev–Trinajstić information content (AvgIpc) is 3.26. The smallest absolute Gasteiger partial charge is 0.131 e. The molecule has 0 amide bonds. The Kier molecular flexibility index (Phi) is 3.75. The lowest BCUT2D eigenvalue weighted by Gasteiger charge is -2.14. The molecule has 0 spiro atoms. The number of rotatable bonds is 5. The van der Waals surface area contributed by atoms with Gasteiger partial charge in [0.15, 0.2) is 0 Å². The Labute approximate surface area is 120 Å². The quantitative estimate of drug-likeness (QED) is 0.869. The van der Waals surface area contributed by atoms with Crippen LogP contribution in [0.2, 0.25) is 0 Å². The summed E-state index contributed by atoms with van der Waals surface area (Å²) in [7, 11) is 0. The maximum atomic E-state index is 6.13. The van der Waals surface area contributed by atoms with Crippen LogP contribution in [0.1, 0.15) is 29.5 Å². The van der Waals surface area contributed by atoms with Crippen molar-refractivity contribution >= 4 is 0 Å². The van der Waals surface area contributed by atoms with Gasteiger partial charge in [0.05, 0.1) is 0 Å². The van der Waals surface area contributed by atoms with Crippen LogP contribution in [0.25, 0.3) is 0 Å². The molecule has 3 rings (SSSR count). The van der Waals surface area contributed by atoms with Gasteiger partial charge in [-0.1, -0.05) is 30.3 Å². The van der Waals surface area contributed by atoms with Gasteiger partial charge in [-0.2, -0.15) is 0 Å². The summed E-state index contributed by atoms with van der Waals surface area (Å²) >= 11 is 0. The molecule has 2 aromatic rings. The molecule has 0 radical (unpaired) electrons. The van der Waals surface area contributed by atoms with E-state index in [1.165, 1.54) is 29.5 Å². The van der Waals surface area contributed by atoms with Crippen LogP contribution in [-0.4, -0.2) is 6.04 Å². The Morgan fingerprint density at radius 2 is 1.85 bits per heavy atom. The first-order valence-electron chi connectivity index (χ1n) is 7.29. The van der Waals surface area contributed by atoms with Gasteiger partial charge in [-0.05, 0) is 49.9 Å². The lowest BCUT2D eigenvalue weighted by molar-refractivity contribution is 0.468. The number of hydrogen-bond donors (Lipinski definition) is 1. The summed E-state index contributed by atoms with van der Waals surface area (Å²) in [4.78, 5) is 0. The Hall–Kier alpha value is -1.80. The summed E-state index contributed by atoms with van der Waals surface area (Å²) < 4.78 is 6.13. The third kappa shape index (κ3) is 3.20. The van der Waals surface area contributed by atoms with E-state index in [0.29, 0.717) is 6.04 Å². The minimum Gasteiger partial charge on any atom is -0.457 e. The topological polar surface area (TPSA) is 21.3 Å². The molecule has 1 N–H and O–H groups in total. The fraction of sp³-hybridized carbons (Fsp3) is 0.333. The zero-order chi connectivity index (χ0) is 13.9. The van der Waals surface area contributed by atoms with E-state index in [4.69, 9.17) is 4.74 Å². The molecule has 2 aromatic carbocycles. The van der Waals surface area contributed by atoms with Crippen molar-refractivity contribution in [3.63, 3.8) is 0 Å². The van der Waals surface area contributed by atoms with Gasteiger partial charge in [0.25, 0.3) is 0 Å². The molecule has 0 unspecified atom stereocenters. The fourth-order valence-electron chi connectivity index (χ4n) is 2.23. The monoisotopic (exact) mass is 267 g/mol. The molecule has 1 saturated carbocycles. The van der Waals surface area contributed by atoms with E-state index < -0.39 is 0 Å². The minimum atomic E-state index is 0.712. The van der Waals surface area contributed by atoms with Crippen LogP contribution < -0.4 is 10.1 Å². The van der Waals surface area contributed by atoms with E-state index in [0.717, 1.165) is 18.0 Å². The molecule has 0 atom stereocenters. The van der Waals surface area contributed by atoms with Gasteiger partial charge in [0, 0.05) is 18.2 Å². The van der Waals surface area contributed by atoms with Gasteiger partial charge in [-0.25, -0.2) is 0 Å². The highest BCUT2D eigenvalue weighted by Crippen LogP contribution is 2.29. The molecule has 0 aliphatic heterocycles. The maximum Gasteiger partial charge on any atom is 0.131 e. The zero-order valence-electron chi connectivity index (χ0n) is 12.1. The standard InChI is InChI=1S/C18H21NO/c1-13-7-8-14(2)18(11-13)20-17-6-4-3-5-15(17)12-19-16-9-10-16/h3-8,11,16,19H,9-10,12H2,1-2H3. The zero-order valence-corrected chi connectivity index (χ0v) is 12.1. The third-order valence-electron chi connectivity index (χ3n) is 3.69. The second-order valence-electron chi connectivity index (χ2n) is 5.63. The van der Waals surface area contributed by atoms with E-state index >= 15 is 0 Å². The second kappa shape index (κ2) is 5.68. The van der Waals surface area contributed by atoms with Crippen LogP contribution >= 0.6 is 0 Å². The van der Waals surface area contributed by atoms with Crippen molar-refractivity contribution in [1.29, 1.82) is 0 Å². The molecule has 1 fully saturated rings. The normalized spacial score (nSPS) is 14.3. The Morgan fingerprint density at radius 1 is 1.05 bits per heavy atom. The first-order chi connectivity index (χ1) is 9.72. The van der Waals surface area contributed by atoms with Crippen LogP contribution in [0.4, 0.5) is 0 Å². The molecule has 0 aromatic heterocycles. The molecular formula is C18H21NO. The van der Waals surface area contributed by atoms with Crippen molar-refractivity contribution in [3.8, 4) is 11.5 Å². The summed E-state index contributed by atoms with van der Waals surface area (Å²) in [6.45, 7) is 5.05. The molecule has 2 nitrogen and oxygen atoms in total. The molecule has 1 aliphatic rings. The summed E-state index contributed by atoms with van der Waals surface area (Å²) in [6, 6.07) is 15.3. The van der Waals surface area contributed by atoms with Crippen LogP contribution in [0.5, 0.6) is 11.5 Å². The van der Waals surface area contributed by atoms with Crippen molar-refractivity contribution in [3.05, 3.63) is 59.2 Å². The van der Waals surface area contributed by atoms with Crippen LogP contribution in [0.3, 0.4) is 0 Å². The Morgan fingerprint density at radius 3 is 2.65 bits per heavy atom. The average molecular weight is 267 g/mol. The number of benzene rings is 2. The van der Waals surface area contributed by atoms with E-state index in [2.05, 4.69) is 49.5 Å². The van der Waals surface area contributed by atoms with Crippen molar-refractivity contribution in [1.82, 2.24) is 5.32 Å². The van der Waals surface area contributed by atoms with Crippen molar-refractivity contribution in [2.24, 2.45) is 0 Å². The predicted molar refractivity (Wildman–Crippen MR) is 82.3 cm³/mol. The third-order valence-corrected chi connectivity index (χ3v) is 3.69. The van der Waals surface area contributed by atoms with E-state index in [1.807, 2.05) is 12.1 Å². The molecule has 0 saturated heterocycles. The summed E-state index contributed by atoms with van der Waals surface area (Å²) in [5.74, 6) is 1.90. The SMILES string of the molecule is Cc1ccc(C)c(Oc2ccccc2CNC2CC2)c1. The highest BCUT2D eigenvalue weighted by Gasteiger charge is 2.20. The van der Waals surface area contributed by atoms with Gasteiger partial charge in [-0.15, -0.1) is 0 Å². The number of ether oxygens (including phenoxy) is 1. The van der Waals surface area contributed by atoms with Gasteiger partial charge in [-0.3, -0.25) is 0 Å². The lowest BCUT2D eigenvalue weighted by Crippen LogP contribution is -2.15. The van der Waals surface area contributed by atoms with Crippen LogP contribution in [0.15, 0.2) is 42.5 Å². The van der Waals surface area contributed by atoms with Crippen LogP contribution in [0, 0.1) is 13.8 Å². The summed E-state index contributed by atoms with van der Waals surface area (Å²) in [5, 5.41) is 3.55. The van der Waals surface area contributed by atoms with Crippen molar-refractivity contribution < 1.29 is 4.74 Å². The number of nitrogens with one attached hydrogen (secondary N) is 1. The summed E-state index contributed by atoms with van der Waals surface area (Å²) in [6.07, 6.45) is 2.61. The summed E-state index contributed by atoms with van der Waals surface area (Å²) in [5.41, 5.74) is 3.61. The highest BCUT2D eigenvalue weighted by molar-refractivity contribution is 5.42. The Balaban J connectivity index is 1.80. The van der Waals surface area contributed by atoms with E-state index in [-0.39, 0.29) is 0 Å². The highest BCUT2D eigenvalue weighted by atomic mass is 16.5. The molecule has 104 valence electrons. The fourth-order valence-corrected chi connectivity index (χ4v) is 2.23. The first-order valence-corrected chi connectivity index (χ1v) is 7.29.